The molecule has 0 N–H and O–H groups in total. The number of ether oxygens (including phenoxy) is 1. The Hall–Kier alpha value is -0.620. The second-order valence-corrected chi connectivity index (χ2v) is 8.24. The van der Waals surface area contributed by atoms with E-state index in [1.807, 2.05) is 0 Å². The van der Waals surface area contributed by atoms with E-state index in [1.54, 1.807) is 35.7 Å². The summed E-state index contributed by atoms with van der Waals surface area (Å²) in [6.07, 6.45) is 3.72. The van der Waals surface area contributed by atoms with Crippen LogP contribution in [0, 0.1) is 0 Å². The van der Waals surface area contributed by atoms with E-state index >= 15 is 0 Å². The molecule has 0 saturated carbocycles. The van der Waals surface area contributed by atoms with Crippen LogP contribution in [0.4, 0.5) is 0 Å². The first-order valence-electron chi connectivity index (χ1n) is 7.28. The molecule has 1 aromatic carbocycles. The van der Waals surface area contributed by atoms with Gasteiger partial charge in [-0.05, 0) is 43.4 Å². The average molecular weight is 330 g/mol. The highest BCUT2D eigenvalue weighted by Gasteiger charge is 2.46. The van der Waals surface area contributed by atoms with Gasteiger partial charge in [0, 0.05) is 24.2 Å². The molecule has 0 aliphatic carbocycles. The minimum absolute atomic E-state index is 0.0504. The monoisotopic (exact) mass is 329 g/mol. The maximum Gasteiger partial charge on any atom is 0.218 e. The summed E-state index contributed by atoms with van der Waals surface area (Å²) in [5, 5.41) is 0.622. The van der Waals surface area contributed by atoms with E-state index in [1.165, 1.54) is 0 Å². The molecule has 2 unspecified atom stereocenters. The third-order valence-electron chi connectivity index (χ3n) is 4.54. The fraction of sp³-hybridized carbons (Fsp3) is 0.600. The SMILES string of the molecule is COC1CC2CCC(C1)N2S(=O)(=O)Cc1ccc(Cl)cc1. The van der Waals surface area contributed by atoms with E-state index in [0.29, 0.717) is 5.02 Å². The van der Waals surface area contributed by atoms with Gasteiger partial charge < -0.3 is 4.74 Å². The van der Waals surface area contributed by atoms with Crippen LogP contribution in [0.2, 0.25) is 5.02 Å². The molecule has 116 valence electrons. The van der Waals surface area contributed by atoms with E-state index in [-0.39, 0.29) is 23.9 Å². The minimum atomic E-state index is -3.28. The number of sulfonamides is 1. The predicted molar refractivity (Wildman–Crippen MR) is 82.8 cm³/mol. The van der Waals surface area contributed by atoms with Crippen LogP contribution in [0.3, 0.4) is 0 Å². The highest BCUT2D eigenvalue weighted by molar-refractivity contribution is 7.88. The van der Waals surface area contributed by atoms with Crippen LogP contribution in [-0.2, 0) is 20.5 Å². The molecule has 2 atom stereocenters. The summed E-state index contributed by atoms with van der Waals surface area (Å²) < 4.78 is 32.7. The van der Waals surface area contributed by atoms with Gasteiger partial charge in [-0.2, -0.15) is 4.31 Å². The van der Waals surface area contributed by atoms with Gasteiger partial charge in [0.05, 0.1) is 11.9 Å². The number of halogens is 1. The Morgan fingerprint density at radius 1 is 1.19 bits per heavy atom. The highest BCUT2D eigenvalue weighted by Crippen LogP contribution is 2.39. The Kier molecular flexibility index (Phi) is 4.28. The molecule has 2 bridgehead atoms. The van der Waals surface area contributed by atoms with Crippen molar-refractivity contribution in [3.05, 3.63) is 34.9 Å². The zero-order chi connectivity index (χ0) is 15.0. The summed E-state index contributed by atoms with van der Waals surface area (Å²) in [6.45, 7) is 0. The lowest BCUT2D eigenvalue weighted by Gasteiger charge is -2.37. The minimum Gasteiger partial charge on any atom is -0.381 e. The second kappa shape index (κ2) is 5.88. The lowest BCUT2D eigenvalue weighted by molar-refractivity contribution is 0.0349. The summed E-state index contributed by atoms with van der Waals surface area (Å²) >= 11 is 5.85. The van der Waals surface area contributed by atoms with Gasteiger partial charge in [0.15, 0.2) is 0 Å². The quantitative estimate of drug-likeness (QED) is 0.853. The van der Waals surface area contributed by atoms with Gasteiger partial charge in [-0.3, -0.25) is 0 Å². The lowest BCUT2D eigenvalue weighted by Crippen LogP contribution is -2.48. The molecule has 3 rings (SSSR count). The third kappa shape index (κ3) is 3.11. The molecule has 2 saturated heterocycles. The van der Waals surface area contributed by atoms with Crippen LogP contribution in [-0.4, -0.2) is 38.0 Å². The van der Waals surface area contributed by atoms with E-state index in [0.717, 1.165) is 31.2 Å². The third-order valence-corrected chi connectivity index (χ3v) is 6.73. The number of methoxy groups -OCH3 is 1. The maximum atomic E-state index is 12.7. The molecular weight excluding hydrogens is 310 g/mol. The summed E-state index contributed by atoms with van der Waals surface area (Å²) in [5.41, 5.74) is 0.785. The van der Waals surface area contributed by atoms with Crippen molar-refractivity contribution in [1.29, 1.82) is 0 Å². The summed E-state index contributed by atoms with van der Waals surface area (Å²) in [7, 11) is -1.57. The molecule has 4 nitrogen and oxygen atoms in total. The van der Waals surface area contributed by atoms with Gasteiger partial charge in [0.1, 0.15) is 0 Å². The molecule has 2 fully saturated rings. The fourth-order valence-corrected chi connectivity index (χ4v) is 5.78. The van der Waals surface area contributed by atoms with Crippen molar-refractivity contribution >= 4 is 21.6 Å². The lowest BCUT2D eigenvalue weighted by atomic mass is 10.0. The van der Waals surface area contributed by atoms with Crippen LogP contribution >= 0.6 is 11.6 Å². The molecule has 0 spiro atoms. The summed E-state index contributed by atoms with van der Waals surface area (Å²) in [4.78, 5) is 0. The molecule has 0 radical (unpaired) electrons. The van der Waals surface area contributed by atoms with Gasteiger partial charge in [-0.25, -0.2) is 8.42 Å². The molecule has 0 aromatic heterocycles. The zero-order valence-electron chi connectivity index (χ0n) is 12.0. The Balaban J connectivity index is 1.78. The van der Waals surface area contributed by atoms with Crippen molar-refractivity contribution in [3.63, 3.8) is 0 Å². The van der Waals surface area contributed by atoms with Crippen LogP contribution in [0.25, 0.3) is 0 Å². The Labute approximate surface area is 131 Å². The number of hydrogen-bond acceptors (Lipinski definition) is 3. The molecular formula is C15H20ClNO3S. The largest absolute Gasteiger partial charge is 0.381 e. The molecule has 2 aliphatic heterocycles. The number of piperidine rings is 1. The average Bonchev–Trinajstić information content (AvgIpc) is 2.74. The van der Waals surface area contributed by atoms with Crippen LogP contribution in [0.5, 0.6) is 0 Å². The Bertz CT molecular complexity index is 588. The molecule has 0 amide bonds. The highest BCUT2D eigenvalue weighted by atomic mass is 35.5. The Morgan fingerprint density at radius 2 is 1.76 bits per heavy atom. The van der Waals surface area contributed by atoms with Gasteiger partial charge in [0.25, 0.3) is 0 Å². The van der Waals surface area contributed by atoms with Gasteiger partial charge >= 0.3 is 0 Å². The standard InChI is InChI=1S/C15H20ClNO3S/c1-20-15-8-13-6-7-14(9-15)17(13)21(18,19)10-11-2-4-12(16)5-3-11/h2-5,13-15H,6-10H2,1H3. The van der Waals surface area contributed by atoms with Crippen molar-refractivity contribution in [1.82, 2.24) is 4.31 Å². The van der Waals surface area contributed by atoms with E-state index in [2.05, 4.69) is 0 Å². The van der Waals surface area contributed by atoms with E-state index < -0.39 is 10.0 Å². The smallest absolute Gasteiger partial charge is 0.218 e. The van der Waals surface area contributed by atoms with Crippen molar-refractivity contribution in [2.45, 2.75) is 49.6 Å². The van der Waals surface area contributed by atoms with Crippen molar-refractivity contribution in [2.24, 2.45) is 0 Å². The van der Waals surface area contributed by atoms with E-state index in [4.69, 9.17) is 16.3 Å². The Morgan fingerprint density at radius 3 is 2.29 bits per heavy atom. The van der Waals surface area contributed by atoms with E-state index in [9.17, 15) is 8.42 Å². The second-order valence-electron chi connectivity index (χ2n) is 5.93. The normalized spacial score (nSPS) is 29.7. The van der Waals surface area contributed by atoms with Crippen LogP contribution < -0.4 is 0 Å². The molecule has 2 aliphatic rings. The first kappa shape index (κ1) is 15.3. The molecule has 1 aromatic rings. The first-order chi connectivity index (χ1) is 9.99. The molecule has 6 heteroatoms. The number of fused-ring (bicyclic) bond motifs is 2. The zero-order valence-corrected chi connectivity index (χ0v) is 13.6. The predicted octanol–water partition coefficient (Wildman–Crippen LogP) is 2.81. The number of benzene rings is 1. The van der Waals surface area contributed by atoms with Crippen LogP contribution in [0.1, 0.15) is 31.2 Å². The number of nitrogens with zero attached hydrogens (tertiary/aromatic N) is 1. The van der Waals surface area contributed by atoms with Crippen molar-refractivity contribution < 1.29 is 13.2 Å². The summed E-state index contributed by atoms with van der Waals surface area (Å²) in [6, 6.07) is 7.24. The maximum absolute atomic E-state index is 12.7. The van der Waals surface area contributed by atoms with Crippen LogP contribution in [0.15, 0.2) is 24.3 Å². The molecule has 21 heavy (non-hydrogen) atoms. The van der Waals surface area contributed by atoms with Crippen molar-refractivity contribution in [3.8, 4) is 0 Å². The van der Waals surface area contributed by atoms with Gasteiger partial charge in [-0.15, -0.1) is 0 Å². The number of hydrogen-bond donors (Lipinski definition) is 0. The first-order valence-corrected chi connectivity index (χ1v) is 9.27. The van der Waals surface area contributed by atoms with Crippen molar-refractivity contribution in [2.75, 3.05) is 7.11 Å². The topological polar surface area (TPSA) is 46.6 Å². The van der Waals surface area contributed by atoms with Gasteiger partial charge in [0.2, 0.25) is 10.0 Å². The fourth-order valence-electron chi connectivity index (χ4n) is 3.60. The summed E-state index contributed by atoms with van der Waals surface area (Å²) in [5.74, 6) is 0.0504. The van der Waals surface area contributed by atoms with Gasteiger partial charge in [-0.1, -0.05) is 23.7 Å². The molecule has 2 heterocycles. The number of rotatable bonds is 4.